The highest BCUT2D eigenvalue weighted by molar-refractivity contribution is 7.99. The summed E-state index contributed by atoms with van der Waals surface area (Å²) in [5, 5.41) is 16.4. The summed E-state index contributed by atoms with van der Waals surface area (Å²) < 4.78 is 5.31. The van der Waals surface area contributed by atoms with Gasteiger partial charge >= 0.3 is 5.97 Å². The van der Waals surface area contributed by atoms with Gasteiger partial charge in [0, 0.05) is 5.92 Å². The fourth-order valence-electron chi connectivity index (χ4n) is 1.22. The maximum Gasteiger partial charge on any atom is 0.314 e. The van der Waals surface area contributed by atoms with Crippen molar-refractivity contribution in [2.24, 2.45) is 5.92 Å². The van der Waals surface area contributed by atoms with Crippen LogP contribution in [0.25, 0.3) is 0 Å². The third-order valence-electron chi connectivity index (χ3n) is 2.17. The van der Waals surface area contributed by atoms with Gasteiger partial charge in [-0.05, 0) is 12.3 Å². The van der Waals surface area contributed by atoms with Crippen LogP contribution in [0.5, 0.6) is 0 Å². The number of carboxylic acid groups (broad SMARTS) is 1. The van der Waals surface area contributed by atoms with Crippen LogP contribution in [0, 0.1) is 5.92 Å². The Kier molecular flexibility index (Phi) is 2.45. The quantitative estimate of drug-likeness (QED) is 0.763. The number of thioether (sulfide) groups is 1. The first-order chi connectivity index (χ1) is 6.66. The number of rotatable bonds is 4. The molecule has 1 aliphatic carbocycles. The predicted octanol–water partition coefficient (Wildman–Crippen LogP) is 1.37. The second-order valence-electron chi connectivity index (χ2n) is 3.41. The Morgan fingerprint density at radius 1 is 1.71 bits per heavy atom. The van der Waals surface area contributed by atoms with Crippen molar-refractivity contribution < 1.29 is 14.3 Å². The molecular formula is C8H10N2O3S. The summed E-state index contributed by atoms with van der Waals surface area (Å²) >= 11 is 1.06. The van der Waals surface area contributed by atoms with Crippen LogP contribution in [-0.4, -0.2) is 27.0 Å². The molecule has 0 aromatic carbocycles. The van der Waals surface area contributed by atoms with E-state index < -0.39 is 5.97 Å². The van der Waals surface area contributed by atoms with Gasteiger partial charge in [-0.1, -0.05) is 18.7 Å². The first-order valence-corrected chi connectivity index (χ1v) is 5.33. The molecule has 1 aliphatic rings. The zero-order valence-corrected chi connectivity index (χ0v) is 8.45. The molecule has 76 valence electrons. The van der Waals surface area contributed by atoms with Crippen LogP contribution in [0.3, 0.4) is 0 Å². The fraction of sp³-hybridized carbons (Fsp3) is 0.625. The normalized spacial score (nSPS) is 24.9. The van der Waals surface area contributed by atoms with E-state index in [9.17, 15) is 4.79 Å². The van der Waals surface area contributed by atoms with Gasteiger partial charge in [0.2, 0.25) is 5.89 Å². The van der Waals surface area contributed by atoms with E-state index in [-0.39, 0.29) is 5.75 Å². The predicted molar refractivity (Wildman–Crippen MR) is 49.2 cm³/mol. The van der Waals surface area contributed by atoms with Gasteiger partial charge in [-0.2, -0.15) is 0 Å². The number of carboxylic acids is 1. The van der Waals surface area contributed by atoms with E-state index in [0.717, 1.165) is 18.2 Å². The second-order valence-corrected chi connectivity index (χ2v) is 4.33. The number of nitrogens with zero attached hydrogens (tertiary/aromatic N) is 2. The van der Waals surface area contributed by atoms with Crippen LogP contribution in [0.4, 0.5) is 0 Å². The highest BCUT2D eigenvalue weighted by Crippen LogP contribution is 2.46. The third kappa shape index (κ3) is 2.06. The van der Waals surface area contributed by atoms with Gasteiger partial charge in [0.15, 0.2) is 0 Å². The molecule has 0 aliphatic heterocycles. The molecule has 2 unspecified atom stereocenters. The van der Waals surface area contributed by atoms with Crippen molar-refractivity contribution in [2.45, 2.75) is 24.5 Å². The van der Waals surface area contributed by atoms with Gasteiger partial charge in [-0.25, -0.2) is 0 Å². The van der Waals surface area contributed by atoms with Gasteiger partial charge in [0.25, 0.3) is 5.22 Å². The summed E-state index contributed by atoms with van der Waals surface area (Å²) in [4.78, 5) is 10.3. The maximum atomic E-state index is 10.3. The lowest BCUT2D eigenvalue weighted by Crippen LogP contribution is -1.97. The van der Waals surface area contributed by atoms with Gasteiger partial charge < -0.3 is 9.52 Å². The lowest BCUT2D eigenvalue weighted by Gasteiger charge is -1.89. The van der Waals surface area contributed by atoms with Crippen molar-refractivity contribution >= 4 is 17.7 Å². The van der Waals surface area contributed by atoms with E-state index >= 15 is 0 Å². The monoisotopic (exact) mass is 214 g/mol. The number of carbonyl (C=O) groups is 1. The highest BCUT2D eigenvalue weighted by Gasteiger charge is 2.38. The summed E-state index contributed by atoms with van der Waals surface area (Å²) in [6.07, 6.45) is 1.09. The van der Waals surface area contributed by atoms with Crippen LogP contribution >= 0.6 is 11.8 Å². The highest BCUT2D eigenvalue weighted by atomic mass is 32.2. The molecule has 0 spiro atoms. The first-order valence-electron chi connectivity index (χ1n) is 4.35. The summed E-state index contributed by atoms with van der Waals surface area (Å²) in [6.45, 7) is 2.12. The molecule has 0 radical (unpaired) electrons. The zero-order valence-electron chi connectivity index (χ0n) is 7.64. The van der Waals surface area contributed by atoms with Crippen LogP contribution < -0.4 is 0 Å². The molecule has 0 saturated heterocycles. The summed E-state index contributed by atoms with van der Waals surface area (Å²) in [7, 11) is 0. The number of aromatic nitrogens is 2. The molecule has 14 heavy (non-hydrogen) atoms. The number of aliphatic carboxylic acids is 1. The average Bonchev–Trinajstić information content (AvgIpc) is 2.68. The smallest absolute Gasteiger partial charge is 0.314 e. The van der Waals surface area contributed by atoms with E-state index in [0.29, 0.717) is 22.9 Å². The van der Waals surface area contributed by atoms with E-state index in [1.54, 1.807) is 0 Å². The van der Waals surface area contributed by atoms with Gasteiger partial charge in [-0.3, -0.25) is 4.79 Å². The minimum atomic E-state index is -0.880. The molecule has 0 bridgehead atoms. The Labute approximate surface area is 84.9 Å². The fourth-order valence-corrected chi connectivity index (χ4v) is 1.71. The topological polar surface area (TPSA) is 76.2 Å². The minimum absolute atomic E-state index is 0.0398. The molecule has 6 heteroatoms. The largest absolute Gasteiger partial charge is 0.481 e. The van der Waals surface area contributed by atoms with Crippen molar-refractivity contribution in [3.05, 3.63) is 5.89 Å². The van der Waals surface area contributed by atoms with Gasteiger partial charge in [-0.15, -0.1) is 10.2 Å². The summed E-state index contributed by atoms with van der Waals surface area (Å²) in [5.41, 5.74) is 0. The van der Waals surface area contributed by atoms with Crippen molar-refractivity contribution in [1.29, 1.82) is 0 Å². The summed E-state index contributed by atoms with van der Waals surface area (Å²) in [6, 6.07) is 0. The van der Waals surface area contributed by atoms with E-state index in [1.165, 1.54) is 0 Å². The molecular weight excluding hydrogens is 204 g/mol. The molecule has 1 aromatic heterocycles. The molecule has 2 atom stereocenters. The zero-order chi connectivity index (χ0) is 10.1. The van der Waals surface area contributed by atoms with Gasteiger partial charge in [0.05, 0.1) is 0 Å². The Morgan fingerprint density at radius 2 is 2.43 bits per heavy atom. The molecule has 1 aromatic rings. The standard InChI is InChI=1S/C8H10N2O3S/c1-4-2-5(4)7-9-10-8(13-7)14-3-6(11)12/h4-5H,2-3H2,1H3,(H,11,12). The molecule has 0 amide bonds. The minimum Gasteiger partial charge on any atom is -0.481 e. The van der Waals surface area contributed by atoms with Crippen molar-refractivity contribution in [3.8, 4) is 0 Å². The SMILES string of the molecule is CC1CC1c1nnc(SCC(=O)O)o1. The molecule has 2 rings (SSSR count). The molecule has 1 N–H and O–H groups in total. The lowest BCUT2D eigenvalue weighted by atomic mass is 10.3. The van der Waals surface area contributed by atoms with Crippen molar-refractivity contribution in [2.75, 3.05) is 5.75 Å². The van der Waals surface area contributed by atoms with Crippen LogP contribution in [0.2, 0.25) is 0 Å². The molecule has 1 heterocycles. The number of hydrogen-bond donors (Lipinski definition) is 1. The molecule has 1 fully saturated rings. The Morgan fingerprint density at radius 3 is 3.00 bits per heavy atom. The average molecular weight is 214 g/mol. The van der Waals surface area contributed by atoms with E-state index in [4.69, 9.17) is 9.52 Å². The maximum absolute atomic E-state index is 10.3. The first kappa shape index (κ1) is 9.51. The van der Waals surface area contributed by atoms with E-state index in [2.05, 4.69) is 17.1 Å². The van der Waals surface area contributed by atoms with Crippen molar-refractivity contribution in [3.63, 3.8) is 0 Å². The van der Waals surface area contributed by atoms with E-state index in [1.807, 2.05) is 0 Å². The van der Waals surface area contributed by atoms with Crippen LogP contribution in [0.1, 0.15) is 25.2 Å². The second kappa shape index (κ2) is 3.61. The summed E-state index contributed by atoms with van der Waals surface area (Å²) in [5.74, 6) is 0.733. The molecule has 1 saturated carbocycles. The van der Waals surface area contributed by atoms with Gasteiger partial charge in [0.1, 0.15) is 5.75 Å². The Balaban J connectivity index is 1.93. The number of hydrogen-bond acceptors (Lipinski definition) is 5. The lowest BCUT2D eigenvalue weighted by molar-refractivity contribution is -0.133. The Hall–Kier alpha value is -1.04. The van der Waals surface area contributed by atoms with Crippen molar-refractivity contribution in [1.82, 2.24) is 10.2 Å². The van der Waals surface area contributed by atoms with Crippen LogP contribution in [-0.2, 0) is 4.79 Å². The Bertz CT molecular complexity index is 352. The molecule has 5 nitrogen and oxygen atoms in total. The van der Waals surface area contributed by atoms with Crippen LogP contribution in [0.15, 0.2) is 9.64 Å². The third-order valence-corrected chi connectivity index (χ3v) is 2.97.